The third kappa shape index (κ3) is 3.35. The van der Waals surface area contributed by atoms with Gasteiger partial charge in [0.1, 0.15) is 0 Å². The van der Waals surface area contributed by atoms with Crippen LogP contribution in [0.25, 0.3) is 0 Å². The molecule has 2 N–H and O–H groups in total. The number of amides is 1. The fraction of sp³-hybridized carbons (Fsp3) is 0.611. The summed E-state index contributed by atoms with van der Waals surface area (Å²) in [4.78, 5) is 17.3. The van der Waals surface area contributed by atoms with E-state index in [1.54, 1.807) is 0 Å². The first kappa shape index (κ1) is 16.3. The van der Waals surface area contributed by atoms with Crippen LogP contribution in [0.15, 0.2) is 24.3 Å². The molecule has 0 bridgehead atoms. The second-order valence-electron chi connectivity index (χ2n) is 7.23. The molecule has 2 heterocycles. The summed E-state index contributed by atoms with van der Waals surface area (Å²) in [6, 6.07) is 8.07. The first-order valence-electron chi connectivity index (χ1n) is 8.45. The Bertz CT molecular complexity index is 567. The molecule has 126 valence electrons. The van der Waals surface area contributed by atoms with Crippen molar-refractivity contribution in [2.24, 2.45) is 11.1 Å². The summed E-state index contributed by atoms with van der Waals surface area (Å²) < 4.78 is 5.43. The van der Waals surface area contributed by atoms with Gasteiger partial charge in [-0.1, -0.05) is 26.0 Å². The number of hydrogen-bond acceptors (Lipinski definition) is 4. The zero-order valence-electron chi connectivity index (χ0n) is 14.1. The molecule has 1 amide bonds. The molecule has 1 aromatic carbocycles. The number of anilines is 1. The molecule has 2 aliphatic rings. The van der Waals surface area contributed by atoms with E-state index < -0.39 is 0 Å². The highest BCUT2D eigenvalue weighted by Crippen LogP contribution is 2.30. The van der Waals surface area contributed by atoms with Gasteiger partial charge in [-0.3, -0.25) is 4.79 Å². The SMILES string of the molecule is CC1(C)CN(C(=O)c2ccccc2N2CCOCC2)CCC1N. The minimum absolute atomic E-state index is 0.0399. The van der Waals surface area contributed by atoms with E-state index in [4.69, 9.17) is 10.5 Å². The lowest BCUT2D eigenvalue weighted by Crippen LogP contribution is -2.54. The number of likely N-dealkylation sites (tertiary alicyclic amines) is 1. The molecule has 3 rings (SSSR count). The number of ether oxygens (including phenoxy) is 1. The van der Waals surface area contributed by atoms with Crippen LogP contribution in [0.3, 0.4) is 0 Å². The number of hydrogen-bond donors (Lipinski definition) is 1. The summed E-state index contributed by atoms with van der Waals surface area (Å²) in [6.07, 6.45) is 0.860. The second kappa shape index (κ2) is 6.49. The fourth-order valence-corrected chi connectivity index (χ4v) is 3.45. The molecule has 0 saturated carbocycles. The zero-order chi connectivity index (χ0) is 16.4. The predicted octanol–water partition coefficient (Wildman–Crippen LogP) is 1.72. The van der Waals surface area contributed by atoms with Crippen LogP contribution in [0.1, 0.15) is 30.6 Å². The van der Waals surface area contributed by atoms with Crippen LogP contribution in [-0.2, 0) is 4.74 Å². The normalized spacial score (nSPS) is 24.6. The predicted molar refractivity (Wildman–Crippen MR) is 91.8 cm³/mol. The van der Waals surface area contributed by atoms with Gasteiger partial charge in [-0.15, -0.1) is 0 Å². The number of piperidine rings is 1. The summed E-state index contributed by atoms with van der Waals surface area (Å²) in [5.74, 6) is 0.118. The van der Waals surface area contributed by atoms with E-state index in [9.17, 15) is 4.79 Å². The molecule has 0 radical (unpaired) electrons. The van der Waals surface area contributed by atoms with E-state index in [2.05, 4.69) is 18.7 Å². The van der Waals surface area contributed by atoms with E-state index >= 15 is 0 Å². The van der Waals surface area contributed by atoms with E-state index in [1.807, 2.05) is 29.2 Å². The first-order valence-corrected chi connectivity index (χ1v) is 8.45. The summed E-state index contributed by atoms with van der Waals surface area (Å²) in [5.41, 5.74) is 7.97. The Morgan fingerprint density at radius 3 is 2.61 bits per heavy atom. The van der Waals surface area contributed by atoms with E-state index in [0.717, 1.165) is 37.3 Å². The molecule has 0 aromatic heterocycles. The van der Waals surface area contributed by atoms with Crippen LogP contribution < -0.4 is 10.6 Å². The standard InChI is InChI=1S/C18H27N3O2/c1-18(2)13-21(8-7-16(18)19)17(22)14-5-3-4-6-15(14)20-9-11-23-12-10-20/h3-6,16H,7-13,19H2,1-2H3. The molecule has 2 saturated heterocycles. The van der Waals surface area contributed by atoms with Crippen LogP contribution in [-0.4, -0.2) is 56.2 Å². The monoisotopic (exact) mass is 317 g/mol. The van der Waals surface area contributed by atoms with Crippen molar-refractivity contribution in [2.75, 3.05) is 44.3 Å². The van der Waals surface area contributed by atoms with Crippen molar-refractivity contribution in [3.8, 4) is 0 Å². The van der Waals surface area contributed by atoms with Crippen molar-refractivity contribution in [3.63, 3.8) is 0 Å². The van der Waals surface area contributed by atoms with Gasteiger partial charge in [0.05, 0.1) is 18.8 Å². The van der Waals surface area contributed by atoms with Crippen LogP contribution in [0, 0.1) is 5.41 Å². The van der Waals surface area contributed by atoms with Gasteiger partial charge in [-0.2, -0.15) is 0 Å². The minimum Gasteiger partial charge on any atom is -0.378 e. The highest BCUT2D eigenvalue weighted by Gasteiger charge is 2.36. The van der Waals surface area contributed by atoms with Crippen LogP contribution in [0.4, 0.5) is 5.69 Å². The fourth-order valence-electron chi connectivity index (χ4n) is 3.45. The molecule has 1 aromatic rings. The van der Waals surface area contributed by atoms with Crippen molar-refractivity contribution in [3.05, 3.63) is 29.8 Å². The molecular weight excluding hydrogens is 290 g/mol. The van der Waals surface area contributed by atoms with Gasteiger partial charge in [0.15, 0.2) is 0 Å². The van der Waals surface area contributed by atoms with Gasteiger partial charge in [0, 0.05) is 37.9 Å². The van der Waals surface area contributed by atoms with Crippen molar-refractivity contribution in [1.82, 2.24) is 4.90 Å². The van der Waals surface area contributed by atoms with Gasteiger partial charge < -0.3 is 20.3 Å². The molecule has 1 unspecified atom stereocenters. The van der Waals surface area contributed by atoms with Gasteiger partial charge >= 0.3 is 0 Å². The van der Waals surface area contributed by atoms with Crippen molar-refractivity contribution >= 4 is 11.6 Å². The quantitative estimate of drug-likeness (QED) is 0.902. The first-order chi connectivity index (χ1) is 11.0. The molecule has 5 heteroatoms. The lowest BCUT2D eigenvalue weighted by Gasteiger charge is -2.43. The molecule has 2 fully saturated rings. The maximum atomic E-state index is 13.1. The Morgan fingerprint density at radius 2 is 1.91 bits per heavy atom. The molecule has 5 nitrogen and oxygen atoms in total. The van der Waals surface area contributed by atoms with Crippen LogP contribution >= 0.6 is 0 Å². The number of nitrogens with two attached hydrogens (primary N) is 1. The molecule has 1 atom stereocenters. The summed E-state index contributed by atoms with van der Waals surface area (Å²) in [6.45, 7) is 8.84. The van der Waals surface area contributed by atoms with Crippen molar-refractivity contribution in [2.45, 2.75) is 26.3 Å². The molecule has 0 spiro atoms. The number of nitrogens with zero attached hydrogens (tertiary/aromatic N) is 2. The number of rotatable bonds is 2. The Morgan fingerprint density at radius 1 is 1.22 bits per heavy atom. The molecule has 2 aliphatic heterocycles. The van der Waals surface area contributed by atoms with E-state index in [0.29, 0.717) is 19.8 Å². The van der Waals surface area contributed by atoms with Crippen LogP contribution in [0.2, 0.25) is 0 Å². The third-order valence-corrected chi connectivity index (χ3v) is 5.09. The average molecular weight is 317 g/mol. The zero-order valence-corrected chi connectivity index (χ0v) is 14.1. The van der Waals surface area contributed by atoms with Gasteiger partial charge in [-0.05, 0) is 24.0 Å². The van der Waals surface area contributed by atoms with Crippen LogP contribution in [0.5, 0.6) is 0 Å². The van der Waals surface area contributed by atoms with E-state index in [-0.39, 0.29) is 17.4 Å². The van der Waals surface area contributed by atoms with Crippen molar-refractivity contribution < 1.29 is 9.53 Å². The topological polar surface area (TPSA) is 58.8 Å². The van der Waals surface area contributed by atoms with E-state index in [1.165, 1.54) is 0 Å². The van der Waals surface area contributed by atoms with Crippen molar-refractivity contribution in [1.29, 1.82) is 0 Å². The van der Waals surface area contributed by atoms with Gasteiger partial charge in [-0.25, -0.2) is 0 Å². The number of carbonyl (C=O) groups is 1. The Hall–Kier alpha value is -1.59. The summed E-state index contributed by atoms with van der Waals surface area (Å²) >= 11 is 0. The molecule has 23 heavy (non-hydrogen) atoms. The summed E-state index contributed by atoms with van der Waals surface area (Å²) in [5, 5.41) is 0. The third-order valence-electron chi connectivity index (χ3n) is 5.09. The number of para-hydroxylation sites is 1. The average Bonchev–Trinajstić information content (AvgIpc) is 2.57. The Balaban J connectivity index is 1.82. The van der Waals surface area contributed by atoms with Gasteiger partial charge in [0.2, 0.25) is 0 Å². The minimum atomic E-state index is -0.0399. The lowest BCUT2D eigenvalue weighted by molar-refractivity contribution is 0.0533. The molecular formula is C18H27N3O2. The Kier molecular flexibility index (Phi) is 4.60. The number of carbonyl (C=O) groups excluding carboxylic acids is 1. The maximum absolute atomic E-state index is 13.1. The Labute approximate surface area is 138 Å². The lowest BCUT2D eigenvalue weighted by atomic mass is 9.79. The smallest absolute Gasteiger partial charge is 0.255 e. The molecule has 0 aliphatic carbocycles. The number of morpholine rings is 1. The second-order valence-corrected chi connectivity index (χ2v) is 7.23. The van der Waals surface area contributed by atoms with Gasteiger partial charge in [0.25, 0.3) is 5.91 Å². The number of benzene rings is 1. The summed E-state index contributed by atoms with van der Waals surface area (Å²) in [7, 11) is 0. The highest BCUT2D eigenvalue weighted by molar-refractivity contribution is 6.00. The maximum Gasteiger partial charge on any atom is 0.255 e. The highest BCUT2D eigenvalue weighted by atomic mass is 16.5. The largest absolute Gasteiger partial charge is 0.378 e.